The molecule has 2 aliphatic heterocycles. The van der Waals surface area contributed by atoms with Crippen molar-refractivity contribution in [2.75, 3.05) is 0 Å². The molecule has 0 atom stereocenters. The van der Waals surface area contributed by atoms with E-state index in [2.05, 4.69) is 4.98 Å². The topological polar surface area (TPSA) is 64.1 Å². The zero-order valence-corrected chi connectivity index (χ0v) is 11.0. The zero-order chi connectivity index (χ0) is 13.5. The van der Waals surface area contributed by atoms with Gasteiger partial charge in [0, 0.05) is 18.0 Å². The Hall–Kier alpha value is -1.75. The van der Waals surface area contributed by atoms with Crippen LogP contribution >= 0.6 is 11.6 Å². The number of carbonyl (C=O) groups excluding carboxylic acids is 1. The van der Waals surface area contributed by atoms with Crippen LogP contribution in [0.4, 0.5) is 4.79 Å². The summed E-state index contributed by atoms with van der Waals surface area (Å²) >= 11 is 5.89. The van der Waals surface area contributed by atoms with E-state index >= 15 is 0 Å². The Morgan fingerprint density at radius 2 is 2.11 bits per heavy atom. The molecule has 0 aliphatic carbocycles. The van der Waals surface area contributed by atoms with Crippen LogP contribution in [0.15, 0.2) is 23.3 Å². The van der Waals surface area contributed by atoms with Crippen molar-refractivity contribution in [1.82, 2.24) is 9.55 Å². The first-order valence-electron chi connectivity index (χ1n) is 5.41. The molecule has 0 bridgehead atoms. The van der Waals surface area contributed by atoms with Gasteiger partial charge in [-0.05, 0) is 26.8 Å². The normalized spacial score (nSPS) is 11.8. The second-order valence-corrected chi connectivity index (χ2v) is 5.28. The third-order valence-corrected chi connectivity index (χ3v) is 2.57. The van der Waals surface area contributed by atoms with Gasteiger partial charge in [0.2, 0.25) is 0 Å². The van der Waals surface area contributed by atoms with E-state index < -0.39 is 17.3 Å². The van der Waals surface area contributed by atoms with Gasteiger partial charge in [-0.2, -0.15) is 0 Å². The highest BCUT2D eigenvalue weighted by molar-refractivity contribution is 6.32. The predicted octanol–water partition coefficient (Wildman–Crippen LogP) is 2.72. The molecule has 0 unspecified atom stereocenters. The predicted molar refractivity (Wildman–Crippen MR) is 68.3 cm³/mol. The van der Waals surface area contributed by atoms with Gasteiger partial charge in [0.1, 0.15) is 10.8 Å². The second-order valence-electron chi connectivity index (χ2n) is 4.91. The van der Waals surface area contributed by atoms with E-state index in [0.29, 0.717) is 5.56 Å². The standard InChI is InChI=1S/C12H13ClN2O3/c1-12(2,3)18-11(17)15-6-7-4-5-14-9(13)8(7)10(15)16/h4-6,14H,1-3H3. The van der Waals surface area contributed by atoms with Crippen molar-refractivity contribution < 1.29 is 9.53 Å². The number of nitrogens with one attached hydrogen (secondary N) is 1. The summed E-state index contributed by atoms with van der Waals surface area (Å²) in [4.78, 5) is 26.6. The van der Waals surface area contributed by atoms with Gasteiger partial charge in [-0.15, -0.1) is 0 Å². The fourth-order valence-electron chi connectivity index (χ4n) is 1.58. The number of aromatic amines is 1. The number of H-pyrrole nitrogens is 1. The number of carbonyl (C=O) groups is 1. The Balaban J connectivity index is 2.51. The highest BCUT2D eigenvalue weighted by Gasteiger charge is 2.24. The largest absolute Gasteiger partial charge is 0.443 e. The van der Waals surface area contributed by atoms with Gasteiger partial charge in [-0.25, -0.2) is 9.36 Å². The van der Waals surface area contributed by atoms with Crippen molar-refractivity contribution in [1.29, 1.82) is 0 Å². The monoisotopic (exact) mass is 268 g/mol. The van der Waals surface area contributed by atoms with Crippen LogP contribution in [0.1, 0.15) is 20.8 Å². The Bertz CT molecular complexity index is 621. The van der Waals surface area contributed by atoms with Crippen molar-refractivity contribution in [3.63, 3.8) is 0 Å². The SMILES string of the molecule is CC(C)(C)OC(=O)n1cc2cc[nH]c(Cl)c-2c1=O. The average Bonchev–Trinajstić information content (AvgIpc) is 2.55. The van der Waals surface area contributed by atoms with Crippen molar-refractivity contribution >= 4 is 17.7 Å². The lowest BCUT2D eigenvalue weighted by atomic mass is 10.2. The number of halogens is 1. The molecule has 0 amide bonds. The molecule has 5 nitrogen and oxygen atoms in total. The molecule has 0 radical (unpaired) electrons. The summed E-state index contributed by atoms with van der Waals surface area (Å²) in [6.45, 7) is 5.21. The molecule has 0 aromatic heterocycles. The molecule has 18 heavy (non-hydrogen) atoms. The Morgan fingerprint density at radius 1 is 1.44 bits per heavy atom. The van der Waals surface area contributed by atoms with Crippen LogP contribution in [0.2, 0.25) is 5.15 Å². The summed E-state index contributed by atoms with van der Waals surface area (Å²) < 4.78 is 6.07. The molecule has 1 N–H and O–H groups in total. The molecule has 2 aliphatic rings. The summed E-state index contributed by atoms with van der Waals surface area (Å²) in [6, 6.07) is 1.67. The zero-order valence-electron chi connectivity index (χ0n) is 10.3. The molecule has 0 fully saturated rings. The van der Waals surface area contributed by atoms with Crippen LogP contribution < -0.4 is 5.56 Å². The van der Waals surface area contributed by atoms with Crippen molar-refractivity contribution in [2.45, 2.75) is 26.4 Å². The quantitative estimate of drug-likeness (QED) is 0.747. The smallest absolute Gasteiger partial charge is 0.421 e. The Labute approximate surface area is 109 Å². The Kier molecular flexibility index (Phi) is 2.94. The number of ether oxygens (including phenoxy) is 1. The van der Waals surface area contributed by atoms with Crippen LogP contribution in [0.5, 0.6) is 0 Å². The van der Waals surface area contributed by atoms with Crippen LogP contribution in [0, 0.1) is 0 Å². The third kappa shape index (κ3) is 2.26. The van der Waals surface area contributed by atoms with Crippen molar-refractivity contribution in [3.8, 4) is 11.1 Å². The third-order valence-electron chi connectivity index (χ3n) is 2.27. The van der Waals surface area contributed by atoms with Crippen molar-refractivity contribution in [2.24, 2.45) is 0 Å². The van der Waals surface area contributed by atoms with Gasteiger partial charge in [-0.3, -0.25) is 4.79 Å². The molecule has 0 aromatic rings. The summed E-state index contributed by atoms with van der Waals surface area (Å²) in [5.74, 6) is 0. The number of nitrogens with zero attached hydrogens (tertiary/aromatic N) is 1. The highest BCUT2D eigenvalue weighted by Crippen LogP contribution is 2.24. The van der Waals surface area contributed by atoms with Crippen LogP contribution in [-0.4, -0.2) is 21.2 Å². The molecular formula is C12H13ClN2O3. The van der Waals surface area contributed by atoms with Crippen molar-refractivity contribution in [3.05, 3.63) is 34.0 Å². The summed E-state index contributed by atoms with van der Waals surface area (Å²) in [5, 5.41) is 0.208. The van der Waals surface area contributed by atoms with E-state index in [4.69, 9.17) is 16.3 Å². The van der Waals surface area contributed by atoms with E-state index in [-0.39, 0.29) is 10.7 Å². The molecule has 0 aromatic carbocycles. The van der Waals surface area contributed by atoms with Gasteiger partial charge >= 0.3 is 6.09 Å². The molecule has 96 valence electrons. The first-order chi connectivity index (χ1) is 8.29. The molecule has 0 saturated heterocycles. The van der Waals surface area contributed by atoms with E-state index in [9.17, 15) is 9.59 Å². The van der Waals surface area contributed by atoms with Gasteiger partial charge in [0.05, 0.1) is 5.56 Å². The number of hydrogen-bond acceptors (Lipinski definition) is 3. The second kappa shape index (κ2) is 4.17. The van der Waals surface area contributed by atoms with Gasteiger partial charge < -0.3 is 9.72 Å². The van der Waals surface area contributed by atoms with Crippen LogP contribution in [0.25, 0.3) is 11.1 Å². The molecular weight excluding hydrogens is 256 g/mol. The lowest BCUT2D eigenvalue weighted by Gasteiger charge is -2.18. The number of fused-ring (bicyclic) bond motifs is 1. The molecule has 2 rings (SSSR count). The number of hydrogen-bond donors (Lipinski definition) is 1. The van der Waals surface area contributed by atoms with E-state index in [1.54, 1.807) is 33.0 Å². The fourth-order valence-corrected chi connectivity index (χ4v) is 1.83. The molecule has 6 heteroatoms. The number of aromatic nitrogens is 2. The number of rotatable bonds is 0. The molecule has 0 spiro atoms. The first kappa shape index (κ1) is 12.7. The van der Waals surface area contributed by atoms with Crippen LogP contribution in [0.3, 0.4) is 0 Å². The maximum atomic E-state index is 12.0. The fraction of sp³-hybridized carbons (Fsp3) is 0.333. The lowest BCUT2D eigenvalue weighted by Crippen LogP contribution is -2.31. The average molecular weight is 269 g/mol. The minimum atomic E-state index is -0.709. The summed E-state index contributed by atoms with van der Waals surface area (Å²) in [7, 11) is 0. The van der Waals surface area contributed by atoms with Gasteiger partial charge in [0.15, 0.2) is 0 Å². The molecule has 0 saturated carbocycles. The minimum Gasteiger partial charge on any atom is -0.443 e. The van der Waals surface area contributed by atoms with Crippen LogP contribution in [-0.2, 0) is 4.74 Å². The highest BCUT2D eigenvalue weighted by atomic mass is 35.5. The van der Waals surface area contributed by atoms with E-state index in [1.807, 2.05) is 0 Å². The number of pyridine rings is 1. The van der Waals surface area contributed by atoms with E-state index in [1.165, 1.54) is 6.20 Å². The first-order valence-corrected chi connectivity index (χ1v) is 5.79. The lowest BCUT2D eigenvalue weighted by molar-refractivity contribution is 0.0533. The molecule has 2 heterocycles. The Morgan fingerprint density at radius 3 is 2.67 bits per heavy atom. The maximum absolute atomic E-state index is 12.0. The van der Waals surface area contributed by atoms with Gasteiger partial charge in [-0.1, -0.05) is 11.6 Å². The van der Waals surface area contributed by atoms with E-state index in [0.717, 1.165) is 4.57 Å². The summed E-state index contributed by atoms with van der Waals surface area (Å²) in [6.07, 6.45) is 2.31. The minimum absolute atomic E-state index is 0.208. The van der Waals surface area contributed by atoms with Gasteiger partial charge in [0.25, 0.3) is 5.56 Å². The summed E-state index contributed by atoms with van der Waals surface area (Å²) in [5.41, 5.74) is -0.267. The maximum Gasteiger partial charge on any atom is 0.421 e.